The van der Waals surface area contributed by atoms with E-state index < -0.39 is 16.8 Å². The van der Waals surface area contributed by atoms with E-state index in [2.05, 4.69) is 6.07 Å². The molecule has 0 saturated carbocycles. The van der Waals surface area contributed by atoms with E-state index in [1.54, 1.807) is 19.1 Å². The molecule has 0 amide bonds. The van der Waals surface area contributed by atoms with Gasteiger partial charge < -0.3 is 9.64 Å². The van der Waals surface area contributed by atoms with Crippen LogP contribution in [0.1, 0.15) is 22.6 Å². The van der Waals surface area contributed by atoms with Crippen molar-refractivity contribution in [2.75, 3.05) is 19.0 Å². The van der Waals surface area contributed by atoms with Crippen molar-refractivity contribution >= 4 is 17.3 Å². The molecule has 3 rings (SSSR count). The Kier molecular flexibility index (Phi) is 4.34. The van der Waals surface area contributed by atoms with Crippen LogP contribution >= 0.6 is 0 Å². The molecule has 1 aliphatic rings. The second kappa shape index (κ2) is 6.48. The van der Waals surface area contributed by atoms with Crippen molar-refractivity contribution in [3.63, 3.8) is 0 Å². The minimum Gasteiger partial charge on any atom is -0.442 e. The van der Waals surface area contributed by atoms with Crippen LogP contribution in [0.4, 0.5) is 11.4 Å². The number of nitro benzene ring substituents is 1. The lowest BCUT2D eigenvalue weighted by atomic mass is 9.78. The zero-order valence-corrected chi connectivity index (χ0v) is 14.7. The molecule has 0 aromatic heterocycles. The molecule has 0 bridgehead atoms. The van der Waals surface area contributed by atoms with Gasteiger partial charge in [-0.2, -0.15) is 5.26 Å². The first-order valence-corrected chi connectivity index (χ1v) is 8.05. The van der Waals surface area contributed by atoms with Gasteiger partial charge in [-0.05, 0) is 18.6 Å². The van der Waals surface area contributed by atoms with Crippen molar-refractivity contribution < 1.29 is 9.66 Å². The minimum absolute atomic E-state index is 0.00340. The van der Waals surface area contributed by atoms with Crippen molar-refractivity contribution in [1.29, 1.82) is 10.7 Å². The van der Waals surface area contributed by atoms with E-state index in [0.717, 1.165) is 11.3 Å². The first-order chi connectivity index (χ1) is 12.3. The van der Waals surface area contributed by atoms with E-state index >= 15 is 0 Å². The average Bonchev–Trinajstić information content (AvgIpc) is 2.60. The highest BCUT2D eigenvalue weighted by Crippen LogP contribution is 2.44. The molecule has 7 nitrogen and oxygen atoms in total. The lowest BCUT2D eigenvalue weighted by molar-refractivity contribution is -0.385. The molecule has 0 spiro atoms. The van der Waals surface area contributed by atoms with Gasteiger partial charge in [-0.3, -0.25) is 15.5 Å². The van der Waals surface area contributed by atoms with E-state index in [1.165, 1.54) is 6.07 Å². The number of nitrogens with zero attached hydrogens (tertiary/aromatic N) is 3. The second-order valence-corrected chi connectivity index (χ2v) is 6.47. The Hall–Kier alpha value is -3.40. The number of nitriles is 1. The molecule has 132 valence electrons. The molecule has 7 heteroatoms. The van der Waals surface area contributed by atoms with Crippen molar-refractivity contribution in [3.05, 3.63) is 63.2 Å². The van der Waals surface area contributed by atoms with E-state index in [-0.39, 0.29) is 11.6 Å². The zero-order chi connectivity index (χ0) is 19.0. The van der Waals surface area contributed by atoms with Crippen LogP contribution in [-0.4, -0.2) is 24.9 Å². The van der Waals surface area contributed by atoms with Gasteiger partial charge in [0, 0.05) is 49.0 Å². The van der Waals surface area contributed by atoms with Gasteiger partial charge in [0.1, 0.15) is 11.7 Å². The lowest BCUT2D eigenvalue weighted by Gasteiger charge is -2.31. The Labute approximate surface area is 151 Å². The van der Waals surface area contributed by atoms with Crippen molar-refractivity contribution in [3.8, 4) is 11.8 Å². The number of anilines is 1. The quantitative estimate of drug-likeness (QED) is 0.673. The number of ether oxygens (including phenoxy) is 1. The SMILES string of the molecule is Cc1ccc(C2c3ccc(N(C)C)cc3OC(=N)C2C#N)cc1[N+](=O)[O-]. The first-order valence-electron chi connectivity index (χ1n) is 8.05. The molecule has 2 atom stereocenters. The van der Waals surface area contributed by atoms with Gasteiger partial charge in [0.2, 0.25) is 5.90 Å². The molecule has 26 heavy (non-hydrogen) atoms. The van der Waals surface area contributed by atoms with E-state index in [0.29, 0.717) is 16.9 Å². The molecule has 1 aliphatic heterocycles. The predicted molar refractivity (Wildman–Crippen MR) is 97.9 cm³/mol. The number of benzene rings is 2. The summed E-state index contributed by atoms with van der Waals surface area (Å²) in [5.41, 5.74) is 2.83. The number of rotatable bonds is 3. The number of nitrogens with one attached hydrogen (secondary N) is 1. The summed E-state index contributed by atoms with van der Waals surface area (Å²) in [6, 6.07) is 12.6. The van der Waals surface area contributed by atoms with Crippen LogP contribution in [0, 0.1) is 39.7 Å². The fraction of sp³-hybridized carbons (Fsp3) is 0.263. The molecule has 2 aromatic carbocycles. The Balaban J connectivity index is 2.19. The Morgan fingerprint density at radius 1 is 1.27 bits per heavy atom. The molecule has 1 N–H and O–H groups in total. The zero-order valence-electron chi connectivity index (χ0n) is 14.7. The third-order valence-electron chi connectivity index (χ3n) is 4.61. The maximum atomic E-state index is 11.3. The summed E-state index contributed by atoms with van der Waals surface area (Å²) >= 11 is 0. The molecule has 0 aliphatic carbocycles. The van der Waals surface area contributed by atoms with Crippen molar-refractivity contribution in [2.24, 2.45) is 5.92 Å². The highest BCUT2D eigenvalue weighted by molar-refractivity contribution is 5.85. The van der Waals surface area contributed by atoms with Gasteiger partial charge in [-0.15, -0.1) is 0 Å². The van der Waals surface area contributed by atoms with Crippen LogP contribution in [-0.2, 0) is 0 Å². The molecule has 0 radical (unpaired) electrons. The third kappa shape index (κ3) is 2.86. The Morgan fingerprint density at radius 2 is 2.00 bits per heavy atom. The van der Waals surface area contributed by atoms with E-state index in [9.17, 15) is 15.4 Å². The molecule has 2 aromatic rings. The normalized spacial score (nSPS) is 18.5. The minimum atomic E-state index is -0.838. The fourth-order valence-corrected chi connectivity index (χ4v) is 3.18. The maximum absolute atomic E-state index is 11.3. The largest absolute Gasteiger partial charge is 0.442 e. The van der Waals surface area contributed by atoms with Crippen LogP contribution in [0.5, 0.6) is 5.75 Å². The monoisotopic (exact) mass is 350 g/mol. The number of hydrogen-bond donors (Lipinski definition) is 1. The Bertz CT molecular complexity index is 946. The number of nitro groups is 1. The Morgan fingerprint density at radius 3 is 2.62 bits per heavy atom. The maximum Gasteiger partial charge on any atom is 0.272 e. The predicted octanol–water partition coefficient (Wildman–Crippen LogP) is 3.61. The standard InChI is InChI=1S/C19H18N4O3/c1-11-4-5-12(8-16(11)23(24)25)18-14-7-6-13(22(2)3)9-17(14)26-19(21)15(18)10-20/h4-9,15,18,21H,1-3H3. The van der Waals surface area contributed by atoms with Gasteiger partial charge in [-0.25, -0.2) is 0 Å². The molecule has 0 fully saturated rings. The highest BCUT2D eigenvalue weighted by atomic mass is 16.6. The molecule has 0 saturated heterocycles. The van der Waals surface area contributed by atoms with Gasteiger partial charge in [0.15, 0.2) is 0 Å². The summed E-state index contributed by atoms with van der Waals surface area (Å²) in [5, 5.41) is 29.0. The second-order valence-electron chi connectivity index (χ2n) is 6.47. The van der Waals surface area contributed by atoms with Crippen molar-refractivity contribution in [1.82, 2.24) is 0 Å². The van der Waals surface area contributed by atoms with Gasteiger partial charge in [0.05, 0.1) is 11.0 Å². The van der Waals surface area contributed by atoms with Crippen LogP contribution < -0.4 is 9.64 Å². The number of aryl methyl sites for hydroxylation is 1. The summed E-state index contributed by atoms with van der Waals surface area (Å²) in [7, 11) is 3.80. The lowest BCUT2D eigenvalue weighted by Crippen LogP contribution is -2.31. The molecular weight excluding hydrogens is 332 g/mol. The summed E-state index contributed by atoms with van der Waals surface area (Å²) in [6.45, 7) is 1.67. The molecule has 1 heterocycles. The van der Waals surface area contributed by atoms with Crippen molar-refractivity contribution in [2.45, 2.75) is 12.8 Å². The number of hydrogen-bond acceptors (Lipinski definition) is 6. The summed E-state index contributed by atoms with van der Waals surface area (Å²) < 4.78 is 5.58. The summed E-state index contributed by atoms with van der Waals surface area (Å²) in [6.07, 6.45) is 0. The van der Waals surface area contributed by atoms with Gasteiger partial charge >= 0.3 is 0 Å². The fourth-order valence-electron chi connectivity index (χ4n) is 3.18. The van der Waals surface area contributed by atoms with E-state index in [4.69, 9.17) is 10.1 Å². The first kappa shape index (κ1) is 17.4. The number of fused-ring (bicyclic) bond motifs is 1. The van der Waals surface area contributed by atoms with Gasteiger partial charge in [0.25, 0.3) is 5.69 Å². The summed E-state index contributed by atoms with van der Waals surface area (Å²) in [4.78, 5) is 12.8. The highest BCUT2D eigenvalue weighted by Gasteiger charge is 2.37. The topological polar surface area (TPSA) is 103 Å². The molecule has 2 unspecified atom stereocenters. The average molecular weight is 350 g/mol. The van der Waals surface area contributed by atoms with Crippen LogP contribution in [0.2, 0.25) is 0 Å². The van der Waals surface area contributed by atoms with E-state index in [1.807, 2.05) is 37.2 Å². The third-order valence-corrected chi connectivity index (χ3v) is 4.61. The van der Waals surface area contributed by atoms with Gasteiger partial charge in [-0.1, -0.05) is 18.2 Å². The summed E-state index contributed by atoms with van der Waals surface area (Å²) in [5.74, 6) is -0.980. The smallest absolute Gasteiger partial charge is 0.272 e. The molecular formula is C19H18N4O3. The van der Waals surface area contributed by atoms with Crippen LogP contribution in [0.3, 0.4) is 0 Å². The van der Waals surface area contributed by atoms with Crippen LogP contribution in [0.25, 0.3) is 0 Å². The van der Waals surface area contributed by atoms with Crippen LogP contribution in [0.15, 0.2) is 36.4 Å².